The summed E-state index contributed by atoms with van der Waals surface area (Å²) in [7, 11) is 0. The van der Waals surface area contributed by atoms with Crippen LogP contribution in [0.5, 0.6) is 0 Å². The molecule has 0 saturated carbocycles. The molecule has 0 saturated heterocycles. The Bertz CT molecular complexity index is 1360. The molecule has 5 aromatic rings. The van der Waals surface area contributed by atoms with Gasteiger partial charge in [0.1, 0.15) is 0 Å². The second-order valence-corrected chi connectivity index (χ2v) is 7.20. The van der Waals surface area contributed by atoms with Gasteiger partial charge in [-0.05, 0) is 45.0 Å². The zero-order valence-electron chi connectivity index (χ0n) is 15.3. The monoisotopic (exact) mass is 355 g/mol. The first kappa shape index (κ1) is 15.4. The van der Waals surface area contributed by atoms with Crippen molar-refractivity contribution in [2.45, 2.75) is 0 Å². The number of aromatic nitrogens is 1. The van der Waals surface area contributed by atoms with Crippen molar-refractivity contribution in [1.82, 2.24) is 4.98 Å². The molecule has 0 atom stereocenters. The maximum absolute atomic E-state index is 4.79. The molecule has 0 radical (unpaired) electrons. The Balaban J connectivity index is 1.88. The molecule has 6 rings (SSSR count). The lowest BCUT2D eigenvalue weighted by Crippen LogP contribution is -1.98. The van der Waals surface area contributed by atoms with E-state index in [1.807, 2.05) is 12.3 Å². The van der Waals surface area contributed by atoms with E-state index in [1.54, 1.807) is 0 Å². The second kappa shape index (κ2) is 5.90. The van der Waals surface area contributed by atoms with E-state index < -0.39 is 0 Å². The van der Waals surface area contributed by atoms with Crippen LogP contribution in [0.2, 0.25) is 0 Å². The van der Waals surface area contributed by atoms with Gasteiger partial charge in [0.05, 0.1) is 5.52 Å². The van der Waals surface area contributed by atoms with Gasteiger partial charge in [-0.2, -0.15) is 0 Å². The SMILES string of the molecule is c1ccc2c(c1)-c1ccccc1-c1ccc3cccnc3c1-c1ccccc1-2. The van der Waals surface area contributed by atoms with Crippen LogP contribution in [-0.2, 0) is 0 Å². The quantitative estimate of drug-likeness (QED) is 0.280. The number of fused-ring (bicyclic) bond motifs is 10. The van der Waals surface area contributed by atoms with Crippen LogP contribution in [0.3, 0.4) is 0 Å². The molecule has 0 amide bonds. The minimum Gasteiger partial charge on any atom is -0.256 e. The van der Waals surface area contributed by atoms with Crippen LogP contribution < -0.4 is 0 Å². The van der Waals surface area contributed by atoms with E-state index in [-0.39, 0.29) is 0 Å². The van der Waals surface area contributed by atoms with Crippen molar-refractivity contribution in [3.05, 3.63) is 103 Å². The Morgan fingerprint density at radius 3 is 1.50 bits per heavy atom. The third-order valence-electron chi connectivity index (χ3n) is 5.70. The summed E-state index contributed by atoms with van der Waals surface area (Å²) in [5.74, 6) is 0. The number of nitrogens with zero attached hydrogens (tertiary/aromatic N) is 1. The number of hydrogen-bond acceptors (Lipinski definition) is 1. The van der Waals surface area contributed by atoms with E-state index in [1.165, 1.54) is 49.9 Å². The summed E-state index contributed by atoms with van der Waals surface area (Å²) in [4.78, 5) is 4.79. The van der Waals surface area contributed by atoms with Gasteiger partial charge in [-0.25, -0.2) is 0 Å². The summed E-state index contributed by atoms with van der Waals surface area (Å²) in [6, 6.07) is 34.7. The Kier molecular flexibility index (Phi) is 3.24. The molecular weight excluding hydrogens is 338 g/mol. The first-order valence-electron chi connectivity index (χ1n) is 9.58. The first-order valence-corrected chi connectivity index (χ1v) is 9.58. The lowest BCUT2D eigenvalue weighted by Gasteiger charge is -2.23. The molecule has 1 aromatic heterocycles. The van der Waals surface area contributed by atoms with Crippen LogP contribution in [-0.4, -0.2) is 4.98 Å². The van der Waals surface area contributed by atoms with Crippen molar-refractivity contribution < 1.29 is 0 Å². The second-order valence-electron chi connectivity index (χ2n) is 7.20. The molecular formula is C27H17N. The van der Waals surface area contributed by atoms with Crippen molar-refractivity contribution in [1.29, 1.82) is 0 Å². The summed E-state index contributed by atoms with van der Waals surface area (Å²) < 4.78 is 0. The van der Waals surface area contributed by atoms with Crippen LogP contribution in [0, 0.1) is 0 Å². The maximum Gasteiger partial charge on any atom is 0.0786 e. The fraction of sp³-hybridized carbons (Fsp3) is 0. The highest BCUT2D eigenvalue weighted by atomic mass is 14.7. The average Bonchev–Trinajstić information content (AvgIpc) is 2.77. The highest BCUT2D eigenvalue weighted by molar-refractivity contribution is 6.10. The summed E-state index contributed by atoms with van der Waals surface area (Å²) in [5, 5.41) is 1.17. The molecule has 0 fully saturated rings. The van der Waals surface area contributed by atoms with Gasteiger partial charge in [0.15, 0.2) is 0 Å². The van der Waals surface area contributed by atoms with Crippen molar-refractivity contribution >= 4 is 10.9 Å². The predicted molar refractivity (Wildman–Crippen MR) is 117 cm³/mol. The number of benzene rings is 4. The Labute approximate surface area is 163 Å². The number of hydrogen-bond donors (Lipinski definition) is 0. The highest BCUT2D eigenvalue weighted by Gasteiger charge is 2.23. The summed E-state index contributed by atoms with van der Waals surface area (Å²) in [5.41, 5.74) is 11.1. The average molecular weight is 355 g/mol. The number of rotatable bonds is 0. The standard InChI is InChI=1S/C27H17N/c1-2-10-20-19(9-1)21-11-3-4-13-23(21)25-16-15-18-8-7-17-28-27(18)26(25)24-14-6-5-12-22(20)24/h1-17H. The molecule has 1 aliphatic rings. The van der Waals surface area contributed by atoms with Crippen molar-refractivity contribution in [3.63, 3.8) is 0 Å². The molecule has 28 heavy (non-hydrogen) atoms. The lowest BCUT2D eigenvalue weighted by atomic mass is 9.80. The smallest absolute Gasteiger partial charge is 0.0786 e. The molecule has 1 nitrogen and oxygen atoms in total. The molecule has 4 aromatic carbocycles. The molecule has 0 aliphatic heterocycles. The summed E-state index contributed by atoms with van der Waals surface area (Å²) in [6.45, 7) is 0. The summed E-state index contributed by atoms with van der Waals surface area (Å²) >= 11 is 0. The van der Waals surface area contributed by atoms with Gasteiger partial charge in [-0.3, -0.25) is 4.98 Å². The minimum absolute atomic E-state index is 1.06. The van der Waals surface area contributed by atoms with E-state index in [9.17, 15) is 0 Å². The normalized spacial score (nSPS) is 11.6. The molecule has 0 unspecified atom stereocenters. The van der Waals surface area contributed by atoms with E-state index in [4.69, 9.17) is 4.98 Å². The fourth-order valence-corrected chi connectivity index (χ4v) is 4.48. The zero-order valence-corrected chi connectivity index (χ0v) is 15.3. The lowest BCUT2D eigenvalue weighted by molar-refractivity contribution is 1.41. The van der Waals surface area contributed by atoms with E-state index in [0.29, 0.717) is 0 Å². The molecule has 0 bridgehead atoms. The minimum atomic E-state index is 1.06. The zero-order chi connectivity index (χ0) is 18.5. The molecule has 130 valence electrons. The maximum atomic E-state index is 4.79. The molecule has 1 heterocycles. The van der Waals surface area contributed by atoms with Crippen LogP contribution in [0.1, 0.15) is 0 Å². The number of pyridine rings is 1. The van der Waals surface area contributed by atoms with E-state index in [2.05, 4.69) is 91.0 Å². The van der Waals surface area contributed by atoms with E-state index in [0.717, 1.165) is 5.52 Å². The Hall–Kier alpha value is -3.71. The largest absolute Gasteiger partial charge is 0.256 e. The predicted octanol–water partition coefficient (Wildman–Crippen LogP) is 7.22. The summed E-state index contributed by atoms with van der Waals surface area (Å²) in [6.07, 6.45) is 1.89. The molecule has 0 N–H and O–H groups in total. The molecule has 1 heteroatoms. The van der Waals surface area contributed by atoms with Gasteiger partial charge < -0.3 is 0 Å². The van der Waals surface area contributed by atoms with Crippen molar-refractivity contribution in [2.24, 2.45) is 0 Å². The van der Waals surface area contributed by atoms with Gasteiger partial charge in [0.25, 0.3) is 0 Å². The van der Waals surface area contributed by atoms with E-state index >= 15 is 0 Å². The van der Waals surface area contributed by atoms with Gasteiger partial charge >= 0.3 is 0 Å². The third kappa shape index (κ3) is 2.10. The van der Waals surface area contributed by atoms with Gasteiger partial charge in [-0.1, -0.05) is 91.0 Å². The third-order valence-corrected chi connectivity index (χ3v) is 5.70. The van der Waals surface area contributed by atoms with Gasteiger partial charge in [0, 0.05) is 17.1 Å². The van der Waals surface area contributed by atoms with Crippen molar-refractivity contribution in [2.75, 3.05) is 0 Å². The first-order chi connectivity index (χ1) is 13.9. The fourth-order valence-electron chi connectivity index (χ4n) is 4.48. The van der Waals surface area contributed by atoms with Crippen LogP contribution in [0.15, 0.2) is 103 Å². The van der Waals surface area contributed by atoms with Crippen LogP contribution >= 0.6 is 0 Å². The highest BCUT2D eigenvalue weighted by Crippen LogP contribution is 2.48. The van der Waals surface area contributed by atoms with Gasteiger partial charge in [-0.15, -0.1) is 0 Å². The van der Waals surface area contributed by atoms with Crippen molar-refractivity contribution in [3.8, 4) is 44.5 Å². The molecule has 1 aliphatic carbocycles. The van der Waals surface area contributed by atoms with Crippen LogP contribution in [0.4, 0.5) is 0 Å². The Morgan fingerprint density at radius 2 is 0.893 bits per heavy atom. The van der Waals surface area contributed by atoms with Gasteiger partial charge in [0.2, 0.25) is 0 Å². The molecule has 0 spiro atoms. The topological polar surface area (TPSA) is 12.9 Å². The Morgan fingerprint density at radius 1 is 0.393 bits per heavy atom. The van der Waals surface area contributed by atoms with Crippen LogP contribution in [0.25, 0.3) is 55.4 Å².